The lowest BCUT2D eigenvalue weighted by atomic mass is 10.3. The minimum Gasteiger partial charge on any atom is -0.464 e. The molecule has 1 rings (SSSR count). The Labute approximate surface area is 101 Å². The van der Waals surface area contributed by atoms with Crippen LogP contribution in [-0.4, -0.2) is 65.8 Å². The number of nitrogens with zero attached hydrogens (tertiary/aromatic N) is 2. The molecule has 1 aliphatic rings. The third kappa shape index (κ3) is 5.50. The highest BCUT2D eigenvalue weighted by molar-refractivity contribution is 5.78. The molecule has 0 bridgehead atoms. The van der Waals surface area contributed by atoms with Gasteiger partial charge in [0.1, 0.15) is 0 Å². The van der Waals surface area contributed by atoms with E-state index in [1.54, 1.807) is 5.01 Å². The van der Waals surface area contributed by atoms with Crippen LogP contribution < -0.4 is 10.7 Å². The van der Waals surface area contributed by atoms with Gasteiger partial charge in [-0.05, 0) is 13.8 Å². The summed E-state index contributed by atoms with van der Waals surface area (Å²) in [6.45, 7) is 6.79. The molecule has 17 heavy (non-hydrogen) atoms. The standard InChI is InChI=1S/C10H20N4O3/c1-8(2)11-9(15)7-13-3-5-14(6-4-13)12-10(16)17/h8,12H,3-7H2,1-2H3,(H,11,15)(H,16,17). The summed E-state index contributed by atoms with van der Waals surface area (Å²) >= 11 is 0. The van der Waals surface area contributed by atoms with Crippen LogP contribution in [0, 0.1) is 0 Å². The number of hydrogen-bond donors (Lipinski definition) is 3. The van der Waals surface area contributed by atoms with Gasteiger partial charge in [-0.25, -0.2) is 9.80 Å². The SMILES string of the molecule is CC(C)NC(=O)CN1CCN(NC(=O)O)CC1. The quantitative estimate of drug-likeness (QED) is 0.609. The minimum absolute atomic E-state index is 0.0136. The fourth-order valence-corrected chi connectivity index (χ4v) is 1.72. The fraction of sp³-hybridized carbons (Fsp3) is 0.800. The first-order valence-electron chi connectivity index (χ1n) is 5.73. The van der Waals surface area contributed by atoms with Gasteiger partial charge in [-0.3, -0.25) is 15.1 Å². The summed E-state index contributed by atoms with van der Waals surface area (Å²) in [7, 11) is 0. The Bertz CT molecular complexity index is 275. The zero-order valence-corrected chi connectivity index (χ0v) is 10.3. The van der Waals surface area contributed by atoms with E-state index in [0.717, 1.165) is 0 Å². The van der Waals surface area contributed by atoms with Crippen molar-refractivity contribution in [2.24, 2.45) is 0 Å². The number of amides is 2. The van der Waals surface area contributed by atoms with Crippen LogP contribution >= 0.6 is 0 Å². The van der Waals surface area contributed by atoms with Crippen molar-refractivity contribution in [1.82, 2.24) is 20.7 Å². The Morgan fingerprint density at radius 1 is 1.24 bits per heavy atom. The van der Waals surface area contributed by atoms with E-state index in [2.05, 4.69) is 10.7 Å². The van der Waals surface area contributed by atoms with Crippen molar-refractivity contribution in [2.75, 3.05) is 32.7 Å². The largest absolute Gasteiger partial charge is 0.464 e. The number of carbonyl (C=O) groups is 2. The van der Waals surface area contributed by atoms with E-state index in [9.17, 15) is 9.59 Å². The molecule has 0 radical (unpaired) electrons. The van der Waals surface area contributed by atoms with Crippen LogP contribution in [0.5, 0.6) is 0 Å². The van der Waals surface area contributed by atoms with Crippen molar-refractivity contribution in [3.63, 3.8) is 0 Å². The molecule has 0 aromatic heterocycles. The first-order chi connectivity index (χ1) is 7.97. The maximum atomic E-state index is 11.5. The number of nitrogens with one attached hydrogen (secondary N) is 2. The first-order valence-corrected chi connectivity index (χ1v) is 5.73. The zero-order chi connectivity index (χ0) is 12.8. The van der Waals surface area contributed by atoms with E-state index in [1.807, 2.05) is 18.7 Å². The van der Waals surface area contributed by atoms with E-state index in [0.29, 0.717) is 32.7 Å². The Kier molecular flexibility index (Phi) is 5.17. The molecule has 0 atom stereocenters. The fourth-order valence-electron chi connectivity index (χ4n) is 1.72. The minimum atomic E-state index is -1.05. The maximum absolute atomic E-state index is 11.5. The molecule has 3 N–H and O–H groups in total. The van der Waals surface area contributed by atoms with Crippen molar-refractivity contribution < 1.29 is 14.7 Å². The molecule has 0 aromatic carbocycles. The first kappa shape index (κ1) is 13.7. The summed E-state index contributed by atoms with van der Waals surface area (Å²) in [6.07, 6.45) is -1.05. The van der Waals surface area contributed by atoms with Crippen LogP contribution in [0.1, 0.15) is 13.8 Å². The Morgan fingerprint density at radius 3 is 2.29 bits per heavy atom. The number of carboxylic acid groups (broad SMARTS) is 1. The smallest absolute Gasteiger partial charge is 0.419 e. The normalized spacial score (nSPS) is 18.1. The van der Waals surface area contributed by atoms with E-state index in [1.165, 1.54) is 0 Å². The number of carbonyl (C=O) groups excluding carboxylic acids is 1. The van der Waals surface area contributed by atoms with Crippen molar-refractivity contribution in [1.29, 1.82) is 0 Å². The summed E-state index contributed by atoms with van der Waals surface area (Å²) in [6, 6.07) is 0.150. The number of rotatable bonds is 4. The second-order valence-corrected chi connectivity index (χ2v) is 4.40. The van der Waals surface area contributed by atoms with Crippen LogP contribution in [0.3, 0.4) is 0 Å². The third-order valence-corrected chi connectivity index (χ3v) is 2.44. The molecular formula is C10H20N4O3. The van der Waals surface area contributed by atoms with E-state index >= 15 is 0 Å². The van der Waals surface area contributed by atoms with Crippen LogP contribution in [-0.2, 0) is 4.79 Å². The van der Waals surface area contributed by atoms with Crippen LogP contribution in [0.2, 0.25) is 0 Å². The zero-order valence-electron chi connectivity index (χ0n) is 10.3. The van der Waals surface area contributed by atoms with Gasteiger partial charge in [-0.1, -0.05) is 0 Å². The van der Waals surface area contributed by atoms with Gasteiger partial charge in [0.15, 0.2) is 0 Å². The average Bonchev–Trinajstić information content (AvgIpc) is 2.18. The summed E-state index contributed by atoms with van der Waals surface area (Å²) in [5.74, 6) is 0.0136. The van der Waals surface area contributed by atoms with Gasteiger partial charge < -0.3 is 10.4 Å². The lowest BCUT2D eigenvalue weighted by Gasteiger charge is -2.33. The highest BCUT2D eigenvalue weighted by Crippen LogP contribution is 1.98. The molecule has 2 amide bonds. The summed E-state index contributed by atoms with van der Waals surface area (Å²) in [4.78, 5) is 23.9. The van der Waals surface area contributed by atoms with Gasteiger partial charge in [-0.15, -0.1) is 0 Å². The topological polar surface area (TPSA) is 84.9 Å². The summed E-state index contributed by atoms with van der Waals surface area (Å²) in [5, 5.41) is 13.0. The van der Waals surface area contributed by atoms with Gasteiger partial charge in [0.25, 0.3) is 0 Å². The van der Waals surface area contributed by atoms with Gasteiger partial charge in [0.05, 0.1) is 6.54 Å². The molecule has 0 aliphatic carbocycles. The Morgan fingerprint density at radius 2 is 1.82 bits per heavy atom. The molecule has 7 nitrogen and oxygen atoms in total. The predicted molar refractivity (Wildman–Crippen MR) is 62.5 cm³/mol. The second-order valence-electron chi connectivity index (χ2n) is 4.40. The molecule has 0 aromatic rings. The lowest BCUT2D eigenvalue weighted by molar-refractivity contribution is -0.123. The second kappa shape index (κ2) is 6.41. The molecule has 1 heterocycles. The molecule has 0 unspecified atom stereocenters. The third-order valence-electron chi connectivity index (χ3n) is 2.44. The number of hydrogen-bond acceptors (Lipinski definition) is 4. The highest BCUT2D eigenvalue weighted by atomic mass is 16.4. The number of hydrazine groups is 1. The van der Waals surface area contributed by atoms with Crippen LogP contribution in [0.4, 0.5) is 4.79 Å². The van der Waals surface area contributed by atoms with Gasteiger partial charge in [-0.2, -0.15) is 0 Å². The molecule has 98 valence electrons. The summed E-state index contributed by atoms with van der Waals surface area (Å²) in [5.41, 5.74) is 2.31. The molecule has 1 aliphatic heterocycles. The maximum Gasteiger partial charge on any atom is 0.419 e. The van der Waals surface area contributed by atoms with Crippen LogP contribution in [0.25, 0.3) is 0 Å². The van der Waals surface area contributed by atoms with Gasteiger partial charge in [0.2, 0.25) is 5.91 Å². The van der Waals surface area contributed by atoms with Gasteiger partial charge in [0, 0.05) is 32.2 Å². The predicted octanol–water partition coefficient (Wildman–Crippen LogP) is -0.689. The molecule has 0 saturated carbocycles. The van der Waals surface area contributed by atoms with E-state index in [-0.39, 0.29) is 11.9 Å². The average molecular weight is 244 g/mol. The Balaban J connectivity index is 2.23. The van der Waals surface area contributed by atoms with Crippen LogP contribution in [0.15, 0.2) is 0 Å². The summed E-state index contributed by atoms with van der Waals surface area (Å²) < 4.78 is 0. The van der Waals surface area contributed by atoms with E-state index in [4.69, 9.17) is 5.11 Å². The van der Waals surface area contributed by atoms with Crippen molar-refractivity contribution in [3.05, 3.63) is 0 Å². The lowest BCUT2D eigenvalue weighted by Crippen LogP contribution is -2.55. The number of piperazine rings is 1. The van der Waals surface area contributed by atoms with Gasteiger partial charge >= 0.3 is 6.09 Å². The van der Waals surface area contributed by atoms with Crippen molar-refractivity contribution in [2.45, 2.75) is 19.9 Å². The van der Waals surface area contributed by atoms with Crippen molar-refractivity contribution in [3.8, 4) is 0 Å². The molecule has 7 heteroatoms. The highest BCUT2D eigenvalue weighted by Gasteiger charge is 2.19. The molecular weight excluding hydrogens is 224 g/mol. The van der Waals surface area contributed by atoms with E-state index < -0.39 is 6.09 Å². The van der Waals surface area contributed by atoms with Crippen molar-refractivity contribution >= 4 is 12.0 Å². The monoisotopic (exact) mass is 244 g/mol. The molecule has 0 spiro atoms. The molecule has 1 fully saturated rings. The Hall–Kier alpha value is -1.34. The molecule has 1 saturated heterocycles.